The summed E-state index contributed by atoms with van der Waals surface area (Å²) >= 11 is 0. The van der Waals surface area contributed by atoms with Gasteiger partial charge in [-0.05, 0) is 52.0 Å². The molecule has 2 heterocycles. The number of nitrogens with zero attached hydrogens (tertiary/aromatic N) is 3. The van der Waals surface area contributed by atoms with Crippen LogP contribution in [-0.4, -0.2) is 48.7 Å². The molecular formula is C20H37N5O. The van der Waals surface area contributed by atoms with Crippen molar-refractivity contribution in [2.45, 2.75) is 71.9 Å². The highest BCUT2D eigenvalue weighted by Crippen LogP contribution is 2.22. The van der Waals surface area contributed by atoms with E-state index in [0.717, 1.165) is 36.8 Å². The highest BCUT2D eigenvalue weighted by atomic mass is 16.5. The number of likely N-dealkylation sites (tertiary alicyclic amines) is 1. The topological polar surface area (TPSA) is 65.7 Å². The van der Waals surface area contributed by atoms with Crippen LogP contribution in [0.2, 0.25) is 0 Å². The Balaban J connectivity index is 1.77. The predicted molar refractivity (Wildman–Crippen MR) is 107 cm³/mol. The van der Waals surface area contributed by atoms with E-state index >= 15 is 0 Å². The number of rotatable bonds is 8. The molecule has 0 spiro atoms. The normalized spacial score (nSPS) is 19.3. The third-order valence-corrected chi connectivity index (χ3v) is 5.47. The fourth-order valence-electron chi connectivity index (χ4n) is 3.68. The maximum Gasteiger partial charge on any atom is 0.191 e. The zero-order valence-corrected chi connectivity index (χ0v) is 17.2. The lowest BCUT2D eigenvalue weighted by atomic mass is 9.97. The van der Waals surface area contributed by atoms with E-state index < -0.39 is 0 Å². The molecule has 0 radical (unpaired) electrons. The average Bonchev–Trinajstić information content (AvgIpc) is 3.12. The van der Waals surface area contributed by atoms with Crippen LogP contribution in [-0.2, 0) is 6.54 Å². The maximum absolute atomic E-state index is 5.48. The van der Waals surface area contributed by atoms with E-state index in [1.54, 1.807) is 0 Å². The molecule has 1 aliphatic rings. The average molecular weight is 364 g/mol. The smallest absolute Gasteiger partial charge is 0.191 e. The maximum atomic E-state index is 5.48. The molecule has 0 aromatic carbocycles. The molecular weight excluding hydrogens is 326 g/mol. The van der Waals surface area contributed by atoms with Gasteiger partial charge in [-0.1, -0.05) is 19.0 Å². The minimum Gasteiger partial charge on any atom is -0.359 e. The number of aliphatic imine (C=N–C) groups is 1. The van der Waals surface area contributed by atoms with Crippen molar-refractivity contribution in [1.29, 1.82) is 0 Å². The van der Waals surface area contributed by atoms with Crippen molar-refractivity contribution in [2.75, 3.05) is 26.7 Å². The van der Waals surface area contributed by atoms with Crippen LogP contribution in [0.5, 0.6) is 0 Å². The largest absolute Gasteiger partial charge is 0.359 e. The molecule has 1 atom stereocenters. The Kier molecular flexibility index (Phi) is 8.42. The van der Waals surface area contributed by atoms with Gasteiger partial charge in [-0.2, -0.15) is 0 Å². The lowest BCUT2D eigenvalue weighted by molar-refractivity contribution is 0.141. The van der Waals surface area contributed by atoms with Gasteiger partial charge in [-0.15, -0.1) is 0 Å². The van der Waals surface area contributed by atoms with Crippen LogP contribution in [0, 0.1) is 5.92 Å². The Morgan fingerprint density at radius 1 is 1.35 bits per heavy atom. The Labute approximate surface area is 158 Å². The van der Waals surface area contributed by atoms with Crippen LogP contribution >= 0.6 is 0 Å². The summed E-state index contributed by atoms with van der Waals surface area (Å²) in [6.07, 6.45) is 4.75. The van der Waals surface area contributed by atoms with Gasteiger partial charge in [-0.25, -0.2) is 0 Å². The lowest BCUT2D eigenvalue weighted by Crippen LogP contribution is -2.45. The fraction of sp³-hybridized carbons (Fsp3) is 0.800. The number of piperidine rings is 1. The molecule has 0 aliphatic carbocycles. The molecule has 1 aromatic rings. The number of guanidine groups is 1. The summed E-state index contributed by atoms with van der Waals surface area (Å²) in [5.41, 5.74) is 1.06. The molecule has 1 unspecified atom stereocenters. The number of hydrogen-bond donors (Lipinski definition) is 2. The molecule has 1 fully saturated rings. The van der Waals surface area contributed by atoms with Gasteiger partial charge in [0.1, 0.15) is 0 Å². The Morgan fingerprint density at radius 2 is 2.12 bits per heavy atom. The standard InChI is InChI=1S/C20H37N5O/c1-6-17(7-2)19-11-18(26-24-19)13-23-20(21-5)22-12-16-9-8-10-25(14-16)15(3)4/h11,15-17H,6-10,12-14H2,1-5H3,(H2,21,22,23). The molecule has 1 aliphatic heterocycles. The first-order chi connectivity index (χ1) is 12.6. The first-order valence-electron chi connectivity index (χ1n) is 10.2. The number of aromatic nitrogens is 1. The molecule has 2 rings (SSSR count). The monoisotopic (exact) mass is 363 g/mol. The molecule has 148 valence electrons. The first kappa shape index (κ1) is 20.7. The lowest BCUT2D eigenvalue weighted by Gasteiger charge is -2.35. The summed E-state index contributed by atoms with van der Waals surface area (Å²) in [5, 5.41) is 11.0. The SMILES string of the molecule is CCC(CC)c1cc(CNC(=NC)NCC2CCCN(C(C)C)C2)on1. The summed E-state index contributed by atoms with van der Waals surface area (Å²) in [4.78, 5) is 6.90. The van der Waals surface area contributed by atoms with Crippen molar-refractivity contribution in [2.24, 2.45) is 10.9 Å². The van der Waals surface area contributed by atoms with Crippen LogP contribution in [0.3, 0.4) is 0 Å². The van der Waals surface area contributed by atoms with Gasteiger partial charge in [-0.3, -0.25) is 4.99 Å². The molecule has 0 bridgehead atoms. The zero-order chi connectivity index (χ0) is 18.9. The molecule has 0 amide bonds. The van der Waals surface area contributed by atoms with E-state index in [1.807, 2.05) is 7.05 Å². The molecule has 6 heteroatoms. The molecule has 1 saturated heterocycles. The van der Waals surface area contributed by atoms with Crippen molar-refractivity contribution in [3.05, 3.63) is 17.5 Å². The molecule has 2 N–H and O–H groups in total. The fourth-order valence-corrected chi connectivity index (χ4v) is 3.68. The third kappa shape index (κ3) is 6.01. The van der Waals surface area contributed by atoms with Crippen molar-refractivity contribution < 1.29 is 4.52 Å². The van der Waals surface area contributed by atoms with Crippen LogP contribution < -0.4 is 10.6 Å². The van der Waals surface area contributed by atoms with E-state index in [2.05, 4.69) is 59.4 Å². The third-order valence-electron chi connectivity index (χ3n) is 5.47. The summed E-state index contributed by atoms with van der Waals surface area (Å²) in [6, 6.07) is 2.70. The number of hydrogen-bond acceptors (Lipinski definition) is 4. The molecule has 6 nitrogen and oxygen atoms in total. The highest BCUT2D eigenvalue weighted by Gasteiger charge is 2.21. The summed E-state index contributed by atoms with van der Waals surface area (Å²) < 4.78 is 5.48. The van der Waals surface area contributed by atoms with Crippen LogP contribution in [0.15, 0.2) is 15.6 Å². The quantitative estimate of drug-likeness (QED) is 0.548. The predicted octanol–water partition coefficient (Wildman–Crippen LogP) is 3.36. The van der Waals surface area contributed by atoms with Crippen LogP contribution in [0.1, 0.15) is 70.8 Å². The summed E-state index contributed by atoms with van der Waals surface area (Å²) in [7, 11) is 1.81. The van der Waals surface area contributed by atoms with Gasteiger partial charge >= 0.3 is 0 Å². The Bertz CT molecular complexity index is 550. The van der Waals surface area contributed by atoms with Gasteiger partial charge in [0.2, 0.25) is 0 Å². The Morgan fingerprint density at radius 3 is 2.77 bits per heavy atom. The second kappa shape index (κ2) is 10.6. The molecule has 26 heavy (non-hydrogen) atoms. The molecule has 0 saturated carbocycles. The summed E-state index contributed by atoms with van der Waals surface area (Å²) in [5.74, 6) is 2.85. The van der Waals surface area contributed by atoms with E-state index in [4.69, 9.17) is 4.52 Å². The second-order valence-corrected chi connectivity index (χ2v) is 7.64. The minimum absolute atomic E-state index is 0.486. The van der Waals surface area contributed by atoms with E-state index in [-0.39, 0.29) is 0 Å². The molecule has 1 aromatic heterocycles. The van der Waals surface area contributed by atoms with Gasteiger partial charge in [0, 0.05) is 38.2 Å². The van der Waals surface area contributed by atoms with Crippen molar-refractivity contribution in [3.63, 3.8) is 0 Å². The van der Waals surface area contributed by atoms with Crippen LogP contribution in [0.25, 0.3) is 0 Å². The first-order valence-corrected chi connectivity index (χ1v) is 10.2. The van der Waals surface area contributed by atoms with Gasteiger partial charge in [0.25, 0.3) is 0 Å². The van der Waals surface area contributed by atoms with E-state index in [1.165, 1.54) is 25.9 Å². The zero-order valence-electron chi connectivity index (χ0n) is 17.2. The van der Waals surface area contributed by atoms with E-state index in [9.17, 15) is 0 Å². The Hall–Kier alpha value is -1.56. The van der Waals surface area contributed by atoms with Gasteiger partial charge in [0.15, 0.2) is 11.7 Å². The van der Waals surface area contributed by atoms with Crippen molar-refractivity contribution in [3.8, 4) is 0 Å². The van der Waals surface area contributed by atoms with Crippen molar-refractivity contribution >= 4 is 5.96 Å². The van der Waals surface area contributed by atoms with Crippen LogP contribution in [0.4, 0.5) is 0 Å². The highest BCUT2D eigenvalue weighted by molar-refractivity contribution is 5.79. The second-order valence-electron chi connectivity index (χ2n) is 7.64. The van der Waals surface area contributed by atoms with E-state index in [0.29, 0.717) is 24.4 Å². The van der Waals surface area contributed by atoms with Gasteiger partial charge in [0.05, 0.1) is 12.2 Å². The summed E-state index contributed by atoms with van der Waals surface area (Å²) in [6.45, 7) is 12.9. The number of nitrogens with one attached hydrogen (secondary N) is 2. The minimum atomic E-state index is 0.486. The van der Waals surface area contributed by atoms with Gasteiger partial charge < -0.3 is 20.1 Å². The van der Waals surface area contributed by atoms with Crippen molar-refractivity contribution in [1.82, 2.24) is 20.7 Å².